The lowest BCUT2D eigenvalue weighted by Gasteiger charge is -2.42. The summed E-state index contributed by atoms with van der Waals surface area (Å²) in [7, 11) is 0. The SMILES string of the molecule is CCC/C=C/[C@H](O)[C@@H]1CC[C@H]1CN1CCCCc2cc(Cl)ccc2COc2cc(F)c(C(=O)O)cc21. The van der Waals surface area contributed by atoms with Crippen molar-refractivity contribution in [1.82, 2.24) is 0 Å². The molecule has 1 saturated carbocycles. The first-order valence-electron chi connectivity index (χ1n) is 12.9. The van der Waals surface area contributed by atoms with Gasteiger partial charge in [0, 0.05) is 24.2 Å². The number of aliphatic hydroxyl groups is 1. The van der Waals surface area contributed by atoms with E-state index < -0.39 is 17.9 Å². The van der Waals surface area contributed by atoms with E-state index in [1.807, 2.05) is 30.4 Å². The third-order valence-corrected chi connectivity index (χ3v) is 7.69. The minimum absolute atomic E-state index is 0.159. The number of halogens is 2. The van der Waals surface area contributed by atoms with E-state index in [2.05, 4.69) is 11.8 Å². The topological polar surface area (TPSA) is 70.0 Å². The van der Waals surface area contributed by atoms with E-state index in [-0.39, 0.29) is 24.0 Å². The minimum atomic E-state index is -1.30. The van der Waals surface area contributed by atoms with Crippen LogP contribution in [0.15, 0.2) is 42.5 Å². The van der Waals surface area contributed by atoms with Crippen molar-refractivity contribution in [2.75, 3.05) is 18.0 Å². The molecule has 0 saturated heterocycles. The molecule has 194 valence electrons. The van der Waals surface area contributed by atoms with E-state index in [0.29, 0.717) is 29.5 Å². The van der Waals surface area contributed by atoms with Crippen molar-refractivity contribution in [3.05, 3.63) is 70.0 Å². The number of allylic oxidation sites excluding steroid dienone is 1. The van der Waals surface area contributed by atoms with Crippen molar-refractivity contribution < 1.29 is 24.1 Å². The summed E-state index contributed by atoms with van der Waals surface area (Å²) in [4.78, 5) is 13.9. The lowest BCUT2D eigenvalue weighted by Crippen LogP contribution is -2.43. The monoisotopic (exact) mass is 515 g/mol. The molecule has 2 aliphatic rings. The number of nitrogens with zero attached hydrogens (tertiary/aromatic N) is 1. The molecule has 36 heavy (non-hydrogen) atoms. The summed E-state index contributed by atoms with van der Waals surface area (Å²) >= 11 is 6.23. The highest BCUT2D eigenvalue weighted by atomic mass is 35.5. The van der Waals surface area contributed by atoms with Gasteiger partial charge in [0.05, 0.1) is 17.4 Å². The summed E-state index contributed by atoms with van der Waals surface area (Å²) in [5.41, 5.74) is 2.33. The summed E-state index contributed by atoms with van der Waals surface area (Å²) < 4.78 is 20.8. The zero-order chi connectivity index (χ0) is 25.7. The first-order chi connectivity index (χ1) is 17.4. The second-order valence-electron chi connectivity index (χ2n) is 9.92. The Labute approximate surface area is 217 Å². The number of benzene rings is 2. The maximum Gasteiger partial charge on any atom is 0.338 e. The minimum Gasteiger partial charge on any atom is -0.487 e. The Hall–Kier alpha value is -2.57. The van der Waals surface area contributed by atoms with Crippen LogP contribution in [0.5, 0.6) is 5.75 Å². The normalized spacial score (nSPS) is 21.1. The molecule has 3 atom stereocenters. The molecule has 1 aliphatic carbocycles. The van der Waals surface area contributed by atoms with Gasteiger partial charge in [-0.05, 0) is 79.7 Å². The molecule has 1 fully saturated rings. The Morgan fingerprint density at radius 2 is 2.08 bits per heavy atom. The van der Waals surface area contributed by atoms with Crippen LogP contribution in [0.4, 0.5) is 10.1 Å². The highest BCUT2D eigenvalue weighted by Crippen LogP contribution is 2.41. The Bertz CT molecular complexity index is 1100. The molecule has 1 heterocycles. The molecule has 5 nitrogen and oxygen atoms in total. The Kier molecular flexibility index (Phi) is 8.91. The van der Waals surface area contributed by atoms with Crippen LogP contribution in [0.3, 0.4) is 0 Å². The molecule has 0 radical (unpaired) electrons. The van der Waals surface area contributed by atoms with Crippen molar-refractivity contribution in [3.8, 4) is 5.75 Å². The summed E-state index contributed by atoms with van der Waals surface area (Å²) in [6, 6.07) is 8.30. The zero-order valence-corrected chi connectivity index (χ0v) is 21.5. The molecule has 1 aliphatic heterocycles. The molecule has 0 bridgehead atoms. The lowest BCUT2D eigenvalue weighted by molar-refractivity contribution is 0.0461. The molecule has 4 rings (SSSR count). The second kappa shape index (κ2) is 12.1. The summed E-state index contributed by atoms with van der Waals surface area (Å²) in [6.07, 6.45) is 10.1. The molecule has 0 unspecified atom stereocenters. The van der Waals surface area contributed by atoms with Gasteiger partial charge in [-0.1, -0.05) is 43.2 Å². The highest BCUT2D eigenvalue weighted by molar-refractivity contribution is 6.30. The number of carboxylic acids is 1. The van der Waals surface area contributed by atoms with Gasteiger partial charge in [0.1, 0.15) is 18.2 Å². The van der Waals surface area contributed by atoms with Gasteiger partial charge in [-0.25, -0.2) is 9.18 Å². The molecule has 2 aromatic carbocycles. The lowest BCUT2D eigenvalue weighted by atomic mass is 9.70. The number of carbonyl (C=O) groups is 1. The largest absolute Gasteiger partial charge is 0.487 e. The number of fused-ring (bicyclic) bond motifs is 2. The Morgan fingerprint density at radius 3 is 2.81 bits per heavy atom. The van der Waals surface area contributed by atoms with Crippen molar-refractivity contribution in [3.63, 3.8) is 0 Å². The van der Waals surface area contributed by atoms with Gasteiger partial charge < -0.3 is 19.8 Å². The van der Waals surface area contributed by atoms with Gasteiger partial charge in [-0.3, -0.25) is 0 Å². The number of aryl methyl sites for hydroxylation is 1. The van der Waals surface area contributed by atoms with Gasteiger partial charge in [0.2, 0.25) is 0 Å². The van der Waals surface area contributed by atoms with Crippen LogP contribution in [0.2, 0.25) is 5.02 Å². The van der Waals surface area contributed by atoms with Crippen LogP contribution in [0.25, 0.3) is 0 Å². The molecule has 2 N–H and O–H groups in total. The highest BCUT2D eigenvalue weighted by Gasteiger charge is 2.37. The van der Waals surface area contributed by atoms with Crippen LogP contribution in [0, 0.1) is 17.7 Å². The maximum absolute atomic E-state index is 14.7. The molecule has 0 amide bonds. The van der Waals surface area contributed by atoms with Gasteiger partial charge in [-0.15, -0.1) is 0 Å². The van der Waals surface area contributed by atoms with Crippen molar-refractivity contribution >= 4 is 23.3 Å². The van der Waals surface area contributed by atoms with Crippen molar-refractivity contribution in [1.29, 1.82) is 0 Å². The van der Waals surface area contributed by atoms with Gasteiger partial charge >= 0.3 is 5.97 Å². The molecule has 0 aromatic heterocycles. The number of carboxylic acid groups (broad SMARTS) is 1. The number of aliphatic hydroxyl groups excluding tert-OH is 1. The van der Waals surface area contributed by atoms with Crippen LogP contribution in [-0.2, 0) is 13.0 Å². The Balaban J connectivity index is 1.63. The zero-order valence-electron chi connectivity index (χ0n) is 20.8. The molecular formula is C29H35ClFNO4. The standard InChI is InChI=1S/C29H35ClFNO4/c1-2-3-4-8-27(33)23-12-10-20(23)17-32-13-6-5-7-19-14-22(30)11-9-21(19)18-36-28-16-25(31)24(29(34)35)15-26(28)32/h4,8-9,11,14-16,20,23,27,33H,2-3,5-7,10,12-13,17-18H2,1H3,(H,34,35)/b8-4+/t20-,23+,27-/m0/s1. The summed E-state index contributed by atoms with van der Waals surface area (Å²) in [6.45, 7) is 3.69. The van der Waals surface area contributed by atoms with Crippen LogP contribution in [0.1, 0.15) is 66.9 Å². The third kappa shape index (κ3) is 6.22. The van der Waals surface area contributed by atoms with E-state index in [0.717, 1.165) is 56.1 Å². The number of ether oxygens (including phenoxy) is 1. The second-order valence-corrected chi connectivity index (χ2v) is 10.4. The van der Waals surface area contributed by atoms with E-state index in [4.69, 9.17) is 16.3 Å². The fourth-order valence-corrected chi connectivity index (χ4v) is 5.42. The van der Waals surface area contributed by atoms with Gasteiger partial charge in [0.25, 0.3) is 0 Å². The average molecular weight is 516 g/mol. The summed E-state index contributed by atoms with van der Waals surface area (Å²) in [5, 5.41) is 21.0. The third-order valence-electron chi connectivity index (χ3n) is 7.45. The molecule has 2 aromatic rings. The molecular weight excluding hydrogens is 481 g/mol. The van der Waals surface area contributed by atoms with Crippen LogP contribution < -0.4 is 9.64 Å². The van der Waals surface area contributed by atoms with Crippen LogP contribution >= 0.6 is 11.6 Å². The summed E-state index contributed by atoms with van der Waals surface area (Å²) in [5.74, 6) is -1.36. The van der Waals surface area contributed by atoms with Gasteiger partial charge in [-0.2, -0.15) is 0 Å². The number of hydrogen-bond donors (Lipinski definition) is 2. The fourth-order valence-electron chi connectivity index (χ4n) is 5.22. The molecule has 0 spiro atoms. The van der Waals surface area contributed by atoms with Crippen molar-refractivity contribution in [2.45, 2.75) is 64.6 Å². The smallest absolute Gasteiger partial charge is 0.338 e. The van der Waals surface area contributed by atoms with E-state index in [9.17, 15) is 19.4 Å². The quantitative estimate of drug-likeness (QED) is 0.404. The number of aromatic carboxylic acids is 1. The first kappa shape index (κ1) is 26.5. The van der Waals surface area contributed by atoms with Crippen LogP contribution in [-0.4, -0.2) is 35.4 Å². The Morgan fingerprint density at radius 1 is 1.25 bits per heavy atom. The molecule has 7 heteroatoms. The number of unbranched alkanes of at least 4 members (excludes halogenated alkanes) is 1. The fraction of sp³-hybridized carbons (Fsp3) is 0.483. The number of hydrogen-bond acceptors (Lipinski definition) is 4. The van der Waals surface area contributed by atoms with Crippen molar-refractivity contribution in [2.24, 2.45) is 11.8 Å². The number of anilines is 1. The van der Waals surface area contributed by atoms with E-state index >= 15 is 0 Å². The first-order valence-corrected chi connectivity index (χ1v) is 13.3. The predicted molar refractivity (Wildman–Crippen MR) is 141 cm³/mol. The predicted octanol–water partition coefficient (Wildman–Crippen LogP) is 6.64. The van der Waals surface area contributed by atoms with E-state index in [1.165, 1.54) is 12.1 Å². The van der Waals surface area contributed by atoms with E-state index in [1.54, 1.807) is 0 Å². The average Bonchev–Trinajstić information content (AvgIpc) is 2.85. The number of rotatable bonds is 7. The van der Waals surface area contributed by atoms with Gasteiger partial charge in [0.15, 0.2) is 0 Å². The maximum atomic E-state index is 14.7.